The van der Waals surface area contributed by atoms with Gasteiger partial charge in [0.2, 0.25) is 10.0 Å². The van der Waals surface area contributed by atoms with Crippen molar-refractivity contribution in [3.63, 3.8) is 0 Å². The molecular formula is C22H25NO5S. The van der Waals surface area contributed by atoms with Gasteiger partial charge in [-0.1, -0.05) is 36.4 Å². The number of esters is 1. The molecule has 3 rings (SSSR count). The van der Waals surface area contributed by atoms with E-state index < -0.39 is 10.0 Å². The van der Waals surface area contributed by atoms with E-state index in [1.165, 1.54) is 23.4 Å². The van der Waals surface area contributed by atoms with Gasteiger partial charge in [0.15, 0.2) is 5.78 Å². The number of piperidine rings is 1. The second-order valence-corrected chi connectivity index (χ2v) is 9.23. The number of Topliss-reactive ketones (excluding diaryl/α,β-unsaturated/α-hetero) is 1. The Labute approximate surface area is 171 Å². The summed E-state index contributed by atoms with van der Waals surface area (Å²) in [6, 6.07) is 13.8. The fourth-order valence-corrected chi connectivity index (χ4v) is 4.91. The molecule has 0 unspecified atom stereocenters. The van der Waals surface area contributed by atoms with E-state index in [4.69, 9.17) is 4.74 Å². The smallest absolute Gasteiger partial charge is 0.309 e. The van der Waals surface area contributed by atoms with E-state index in [1.807, 2.05) is 31.2 Å². The molecule has 0 N–H and O–H groups in total. The van der Waals surface area contributed by atoms with Crippen molar-refractivity contribution in [3.05, 3.63) is 65.2 Å². The molecular weight excluding hydrogens is 390 g/mol. The number of rotatable bonds is 6. The molecule has 1 aliphatic rings. The second kappa shape index (κ2) is 8.88. The molecule has 0 atom stereocenters. The maximum Gasteiger partial charge on any atom is 0.309 e. The Morgan fingerprint density at radius 2 is 1.76 bits per heavy atom. The number of ketones is 1. The summed E-state index contributed by atoms with van der Waals surface area (Å²) >= 11 is 0. The van der Waals surface area contributed by atoms with Gasteiger partial charge in [0, 0.05) is 18.7 Å². The highest BCUT2D eigenvalue weighted by atomic mass is 32.2. The van der Waals surface area contributed by atoms with Crippen LogP contribution in [0.1, 0.15) is 41.3 Å². The third kappa shape index (κ3) is 4.92. The third-order valence-corrected chi connectivity index (χ3v) is 7.19. The first-order valence-electron chi connectivity index (χ1n) is 9.61. The number of aryl methyl sites for hydroxylation is 1. The van der Waals surface area contributed by atoms with Gasteiger partial charge in [0.25, 0.3) is 0 Å². The quantitative estimate of drug-likeness (QED) is 0.534. The Kier molecular flexibility index (Phi) is 6.49. The van der Waals surface area contributed by atoms with E-state index in [-0.39, 0.29) is 42.3 Å². The maximum absolute atomic E-state index is 12.9. The highest BCUT2D eigenvalue weighted by Gasteiger charge is 2.33. The molecule has 1 heterocycles. The average Bonchev–Trinajstić information content (AvgIpc) is 2.73. The van der Waals surface area contributed by atoms with E-state index >= 15 is 0 Å². The molecule has 154 valence electrons. The Hall–Kier alpha value is -2.51. The molecule has 0 aromatic heterocycles. The molecule has 2 aromatic rings. The first-order chi connectivity index (χ1) is 13.8. The van der Waals surface area contributed by atoms with Crippen molar-refractivity contribution in [2.75, 3.05) is 13.1 Å². The van der Waals surface area contributed by atoms with Crippen LogP contribution in [0.2, 0.25) is 0 Å². The summed E-state index contributed by atoms with van der Waals surface area (Å²) < 4.78 is 32.6. The lowest BCUT2D eigenvalue weighted by Crippen LogP contribution is -2.40. The van der Waals surface area contributed by atoms with Crippen LogP contribution in [0.5, 0.6) is 0 Å². The van der Waals surface area contributed by atoms with Crippen LogP contribution in [0.4, 0.5) is 0 Å². The molecule has 1 saturated heterocycles. The zero-order valence-corrected chi connectivity index (χ0v) is 17.4. The molecule has 0 amide bonds. The number of hydrogen-bond donors (Lipinski definition) is 0. The molecule has 1 fully saturated rings. The summed E-state index contributed by atoms with van der Waals surface area (Å²) in [6.45, 7) is 4.09. The second-order valence-electron chi connectivity index (χ2n) is 7.30. The fraction of sp³-hybridized carbons (Fsp3) is 0.364. The number of sulfonamides is 1. The van der Waals surface area contributed by atoms with Gasteiger partial charge in [0.05, 0.1) is 10.8 Å². The topological polar surface area (TPSA) is 80.8 Å². The summed E-state index contributed by atoms with van der Waals surface area (Å²) in [5.74, 6) is -0.782. The van der Waals surface area contributed by atoms with Crippen molar-refractivity contribution in [2.45, 2.75) is 38.2 Å². The number of nitrogens with zero attached hydrogens (tertiary/aromatic N) is 1. The van der Waals surface area contributed by atoms with Gasteiger partial charge in [-0.2, -0.15) is 4.31 Å². The van der Waals surface area contributed by atoms with E-state index in [1.54, 1.807) is 12.1 Å². The highest BCUT2D eigenvalue weighted by molar-refractivity contribution is 7.89. The van der Waals surface area contributed by atoms with Gasteiger partial charge in [-0.05, 0) is 49.9 Å². The van der Waals surface area contributed by atoms with Crippen molar-refractivity contribution in [3.8, 4) is 0 Å². The maximum atomic E-state index is 12.9. The van der Waals surface area contributed by atoms with E-state index in [2.05, 4.69) is 0 Å². The lowest BCUT2D eigenvalue weighted by Gasteiger charge is -2.30. The third-order valence-electron chi connectivity index (χ3n) is 5.30. The van der Waals surface area contributed by atoms with Crippen molar-refractivity contribution in [1.29, 1.82) is 0 Å². The predicted octanol–water partition coefficient (Wildman–Crippen LogP) is 3.34. The Bertz CT molecular complexity index is 1010. The SMILES string of the molecule is CC(=O)c1cccc(S(=O)(=O)N2CCC(C(=O)OCc3ccccc3C)CC2)c1. The number of carbonyl (C=O) groups is 2. The van der Waals surface area contributed by atoms with Gasteiger partial charge in [-0.25, -0.2) is 8.42 Å². The van der Waals surface area contributed by atoms with Crippen LogP contribution in [-0.4, -0.2) is 37.6 Å². The van der Waals surface area contributed by atoms with Gasteiger partial charge in [-0.3, -0.25) is 9.59 Å². The Morgan fingerprint density at radius 1 is 1.07 bits per heavy atom. The molecule has 7 heteroatoms. The van der Waals surface area contributed by atoms with Crippen LogP contribution in [0.25, 0.3) is 0 Å². The summed E-state index contributed by atoms with van der Waals surface area (Å²) in [5.41, 5.74) is 2.39. The van der Waals surface area contributed by atoms with Crippen molar-refractivity contribution in [2.24, 2.45) is 5.92 Å². The lowest BCUT2D eigenvalue weighted by atomic mass is 9.98. The van der Waals surface area contributed by atoms with Gasteiger partial charge < -0.3 is 4.74 Å². The first-order valence-corrected chi connectivity index (χ1v) is 11.1. The summed E-state index contributed by atoms with van der Waals surface area (Å²) in [4.78, 5) is 24.0. The van der Waals surface area contributed by atoms with Gasteiger partial charge >= 0.3 is 5.97 Å². The predicted molar refractivity (Wildman–Crippen MR) is 109 cm³/mol. The summed E-state index contributed by atoms with van der Waals surface area (Å²) in [5, 5.41) is 0. The average molecular weight is 416 g/mol. The summed E-state index contributed by atoms with van der Waals surface area (Å²) in [7, 11) is -3.70. The van der Waals surface area contributed by atoms with E-state index in [0.717, 1.165) is 11.1 Å². The zero-order chi connectivity index (χ0) is 21.0. The normalized spacial score (nSPS) is 15.8. The van der Waals surface area contributed by atoms with E-state index in [0.29, 0.717) is 18.4 Å². The minimum absolute atomic E-state index is 0.103. The van der Waals surface area contributed by atoms with Gasteiger partial charge in [0.1, 0.15) is 6.61 Å². The molecule has 1 aliphatic heterocycles. The van der Waals surface area contributed by atoms with Crippen LogP contribution in [0.15, 0.2) is 53.4 Å². The van der Waals surface area contributed by atoms with Crippen LogP contribution in [-0.2, 0) is 26.2 Å². The van der Waals surface area contributed by atoms with Crippen molar-refractivity contribution >= 4 is 21.8 Å². The number of carbonyl (C=O) groups excluding carboxylic acids is 2. The molecule has 0 saturated carbocycles. The van der Waals surface area contributed by atoms with Gasteiger partial charge in [-0.15, -0.1) is 0 Å². The monoisotopic (exact) mass is 415 g/mol. The minimum atomic E-state index is -3.70. The Balaban J connectivity index is 1.59. The molecule has 0 radical (unpaired) electrons. The van der Waals surface area contributed by atoms with E-state index in [9.17, 15) is 18.0 Å². The minimum Gasteiger partial charge on any atom is -0.461 e. The standard InChI is InChI=1S/C22H25NO5S/c1-16-6-3-4-7-20(16)15-28-22(25)18-10-12-23(13-11-18)29(26,27)21-9-5-8-19(14-21)17(2)24/h3-9,14,18H,10-13,15H2,1-2H3. The first kappa shape index (κ1) is 21.2. The lowest BCUT2D eigenvalue weighted by molar-refractivity contribution is -0.151. The fourth-order valence-electron chi connectivity index (χ4n) is 3.40. The number of hydrogen-bond acceptors (Lipinski definition) is 5. The summed E-state index contributed by atoms with van der Waals surface area (Å²) in [6.07, 6.45) is 0.830. The van der Waals surface area contributed by atoms with Crippen molar-refractivity contribution in [1.82, 2.24) is 4.31 Å². The number of ether oxygens (including phenoxy) is 1. The zero-order valence-electron chi connectivity index (χ0n) is 16.6. The van der Waals surface area contributed by atoms with Crippen LogP contribution in [0.3, 0.4) is 0 Å². The largest absolute Gasteiger partial charge is 0.461 e. The molecule has 29 heavy (non-hydrogen) atoms. The molecule has 0 spiro atoms. The molecule has 0 aliphatic carbocycles. The van der Waals surface area contributed by atoms with Crippen LogP contribution >= 0.6 is 0 Å². The van der Waals surface area contributed by atoms with Crippen LogP contribution < -0.4 is 0 Å². The number of benzene rings is 2. The molecule has 0 bridgehead atoms. The highest BCUT2D eigenvalue weighted by Crippen LogP contribution is 2.25. The Morgan fingerprint density at radius 3 is 2.41 bits per heavy atom. The molecule has 2 aromatic carbocycles. The van der Waals surface area contributed by atoms with Crippen molar-refractivity contribution < 1.29 is 22.7 Å². The van der Waals surface area contributed by atoms with Crippen LogP contribution in [0, 0.1) is 12.8 Å². The molecule has 6 nitrogen and oxygen atoms in total.